The Morgan fingerprint density at radius 2 is 1.13 bits per heavy atom. The number of amides is 7. The van der Waals surface area contributed by atoms with Gasteiger partial charge in [-0.1, -0.05) is 13.8 Å². The van der Waals surface area contributed by atoms with Gasteiger partial charge in [0.2, 0.25) is 41.4 Å². The monoisotopic (exact) mass is 664 g/mol. The van der Waals surface area contributed by atoms with Gasteiger partial charge in [-0.05, 0) is 12.8 Å². The van der Waals surface area contributed by atoms with Crippen molar-refractivity contribution in [3.05, 3.63) is 0 Å². The normalized spacial score (nSPS) is 13.9. The summed E-state index contributed by atoms with van der Waals surface area (Å²) in [7, 11) is 0. The SMILES string of the molecule is CC(C)C(NC(=O)C(NC(=O)CNC(=O)C(CC(=O)O)NC(=O)CNC(=O)CNC(=O)C(N)CS)C(C)O)C(=O)NCC(=O)O. The average molecular weight is 665 g/mol. The number of carbonyl (C=O) groups excluding carboxylic acids is 7. The fourth-order valence-electron chi connectivity index (χ4n) is 3.22. The van der Waals surface area contributed by atoms with E-state index in [9.17, 15) is 48.3 Å². The molecule has 0 rings (SSSR count). The molecule has 0 heterocycles. The Balaban J connectivity index is 5.13. The van der Waals surface area contributed by atoms with Gasteiger partial charge in [-0.15, -0.1) is 0 Å². The van der Waals surface area contributed by atoms with E-state index in [0.717, 1.165) is 6.92 Å². The summed E-state index contributed by atoms with van der Waals surface area (Å²) in [5.41, 5.74) is 5.44. The molecule has 0 saturated carbocycles. The summed E-state index contributed by atoms with van der Waals surface area (Å²) in [6.07, 6.45) is -2.41. The number of aliphatic hydroxyl groups is 1. The Morgan fingerprint density at radius 1 is 0.622 bits per heavy atom. The van der Waals surface area contributed by atoms with E-state index in [2.05, 4.69) is 49.8 Å². The number of thiol groups is 1. The third kappa shape index (κ3) is 16.8. The fraction of sp³-hybridized carbons (Fsp3) is 0.625. The molecule has 0 aromatic rings. The highest BCUT2D eigenvalue weighted by Crippen LogP contribution is 2.04. The standard InChI is InChI=1S/C24H40N8O12S/c1-10(2)19(23(43)29-8-18(39)40)32-24(44)20(11(3)33)31-16(36)7-28-22(42)13(4-17(37)38)30-15(35)6-26-14(34)5-27-21(41)12(25)9-45/h10-13,19-20,33,45H,4-9,25H2,1-3H3,(H,26,34)(H,27,41)(H,28,42)(H,29,43)(H,30,35)(H,31,36)(H,32,44)(H,37,38)(H,39,40). The summed E-state index contributed by atoms with van der Waals surface area (Å²) in [5, 5.41) is 43.0. The van der Waals surface area contributed by atoms with Crippen LogP contribution in [-0.4, -0.2) is 131 Å². The van der Waals surface area contributed by atoms with Crippen molar-refractivity contribution in [3.8, 4) is 0 Å². The number of nitrogens with two attached hydrogens (primary N) is 1. The largest absolute Gasteiger partial charge is 0.481 e. The number of aliphatic hydroxyl groups excluding tert-OH is 1. The zero-order valence-corrected chi connectivity index (χ0v) is 25.6. The maximum atomic E-state index is 12.8. The van der Waals surface area contributed by atoms with E-state index in [1.807, 2.05) is 0 Å². The summed E-state index contributed by atoms with van der Waals surface area (Å²) in [6.45, 7) is 1.49. The molecule has 0 spiro atoms. The maximum absolute atomic E-state index is 12.8. The predicted molar refractivity (Wildman–Crippen MR) is 156 cm³/mol. The molecular weight excluding hydrogens is 624 g/mol. The van der Waals surface area contributed by atoms with E-state index in [1.54, 1.807) is 13.8 Å². The molecule has 45 heavy (non-hydrogen) atoms. The highest BCUT2D eigenvalue weighted by atomic mass is 32.1. The zero-order chi connectivity index (χ0) is 34.9. The number of carboxylic acid groups (broad SMARTS) is 2. The van der Waals surface area contributed by atoms with Gasteiger partial charge in [0.25, 0.3) is 0 Å². The van der Waals surface area contributed by atoms with Crippen LogP contribution in [0.15, 0.2) is 0 Å². The smallest absolute Gasteiger partial charge is 0.322 e. The first-order valence-electron chi connectivity index (χ1n) is 13.4. The number of hydrogen-bond acceptors (Lipinski definition) is 12. The molecule has 0 radical (unpaired) electrons. The molecule has 0 aromatic heterocycles. The first kappa shape index (κ1) is 40.5. The molecule has 0 bridgehead atoms. The van der Waals surface area contributed by atoms with Crippen molar-refractivity contribution < 1.29 is 58.5 Å². The van der Waals surface area contributed by atoms with Crippen molar-refractivity contribution >= 4 is 65.9 Å². The Bertz CT molecular complexity index is 1120. The molecule has 0 fully saturated rings. The van der Waals surface area contributed by atoms with Crippen molar-refractivity contribution in [1.82, 2.24) is 37.2 Å². The van der Waals surface area contributed by atoms with Crippen molar-refractivity contribution in [2.24, 2.45) is 11.7 Å². The van der Waals surface area contributed by atoms with Crippen LogP contribution < -0.4 is 43.0 Å². The first-order chi connectivity index (χ1) is 20.9. The lowest BCUT2D eigenvalue weighted by Crippen LogP contribution is -2.59. The van der Waals surface area contributed by atoms with Crippen LogP contribution in [0.25, 0.3) is 0 Å². The molecule has 0 aliphatic heterocycles. The van der Waals surface area contributed by atoms with Crippen LogP contribution in [0.4, 0.5) is 0 Å². The minimum Gasteiger partial charge on any atom is -0.481 e. The average Bonchev–Trinajstić information content (AvgIpc) is 2.96. The lowest BCUT2D eigenvalue weighted by atomic mass is 10.0. The molecule has 0 aromatic carbocycles. The van der Waals surface area contributed by atoms with Crippen LogP contribution in [0, 0.1) is 5.92 Å². The molecular formula is C24H40N8O12S. The minimum absolute atomic E-state index is 0.0252. The van der Waals surface area contributed by atoms with Gasteiger partial charge in [-0.3, -0.25) is 43.2 Å². The van der Waals surface area contributed by atoms with Crippen LogP contribution in [0.5, 0.6) is 0 Å². The van der Waals surface area contributed by atoms with Gasteiger partial charge in [0.15, 0.2) is 0 Å². The van der Waals surface area contributed by atoms with E-state index >= 15 is 0 Å². The Labute approximate surface area is 262 Å². The third-order valence-electron chi connectivity index (χ3n) is 5.60. The number of hydrogen-bond donors (Lipinski definition) is 12. The molecule has 12 N–H and O–H groups in total. The number of aliphatic carboxylic acids is 2. The van der Waals surface area contributed by atoms with Gasteiger partial charge in [0.05, 0.1) is 38.2 Å². The summed E-state index contributed by atoms with van der Waals surface area (Å²) in [5.74, 6) is -9.71. The fourth-order valence-corrected chi connectivity index (χ4v) is 3.39. The third-order valence-corrected chi connectivity index (χ3v) is 5.99. The summed E-state index contributed by atoms with van der Waals surface area (Å²) in [6, 6.07) is -5.51. The highest BCUT2D eigenvalue weighted by molar-refractivity contribution is 7.80. The van der Waals surface area contributed by atoms with E-state index in [0.29, 0.717) is 0 Å². The Morgan fingerprint density at radius 3 is 1.64 bits per heavy atom. The van der Waals surface area contributed by atoms with Crippen LogP contribution in [0.3, 0.4) is 0 Å². The minimum atomic E-state index is -1.69. The van der Waals surface area contributed by atoms with Crippen molar-refractivity contribution in [2.45, 2.75) is 57.5 Å². The van der Waals surface area contributed by atoms with Crippen LogP contribution in [-0.2, 0) is 43.2 Å². The summed E-state index contributed by atoms with van der Waals surface area (Å²) >= 11 is 3.84. The Hall–Kier alpha value is -4.50. The lowest BCUT2D eigenvalue weighted by Gasteiger charge is -2.26. The van der Waals surface area contributed by atoms with E-state index in [-0.39, 0.29) is 5.75 Å². The molecule has 7 amide bonds. The molecule has 20 nitrogen and oxygen atoms in total. The molecule has 0 saturated heterocycles. The molecule has 5 unspecified atom stereocenters. The van der Waals surface area contributed by atoms with E-state index < -0.39 is 122 Å². The van der Waals surface area contributed by atoms with Crippen molar-refractivity contribution in [2.75, 3.05) is 31.9 Å². The number of rotatable bonds is 20. The van der Waals surface area contributed by atoms with Gasteiger partial charge >= 0.3 is 11.9 Å². The molecule has 21 heteroatoms. The summed E-state index contributed by atoms with van der Waals surface area (Å²) < 4.78 is 0. The molecule has 0 aliphatic carbocycles. The van der Waals surface area contributed by atoms with Crippen LogP contribution in [0.1, 0.15) is 27.2 Å². The van der Waals surface area contributed by atoms with Crippen LogP contribution in [0.2, 0.25) is 0 Å². The highest BCUT2D eigenvalue weighted by Gasteiger charge is 2.32. The van der Waals surface area contributed by atoms with Gasteiger partial charge in [0.1, 0.15) is 24.7 Å². The summed E-state index contributed by atoms with van der Waals surface area (Å²) in [4.78, 5) is 108. The quantitative estimate of drug-likeness (QED) is 0.0540. The van der Waals surface area contributed by atoms with Crippen LogP contribution >= 0.6 is 12.6 Å². The zero-order valence-electron chi connectivity index (χ0n) is 24.7. The second kappa shape index (κ2) is 20.5. The predicted octanol–water partition coefficient (Wildman–Crippen LogP) is -6.24. The number of carbonyl (C=O) groups is 9. The first-order valence-corrected chi connectivity index (χ1v) is 14.0. The van der Waals surface area contributed by atoms with Crippen molar-refractivity contribution in [1.29, 1.82) is 0 Å². The maximum Gasteiger partial charge on any atom is 0.322 e. The van der Waals surface area contributed by atoms with E-state index in [1.165, 1.54) is 0 Å². The Kier molecular flexibility index (Phi) is 18.4. The number of carboxylic acids is 2. The van der Waals surface area contributed by atoms with Gasteiger partial charge in [0, 0.05) is 5.75 Å². The lowest BCUT2D eigenvalue weighted by molar-refractivity contribution is -0.141. The molecule has 5 atom stereocenters. The molecule has 0 aliphatic rings. The topological polar surface area (TPSA) is 325 Å². The van der Waals surface area contributed by atoms with Gasteiger partial charge in [-0.25, -0.2) is 0 Å². The van der Waals surface area contributed by atoms with Gasteiger partial charge < -0.3 is 58.3 Å². The number of nitrogens with one attached hydrogen (secondary N) is 7. The van der Waals surface area contributed by atoms with Crippen molar-refractivity contribution in [3.63, 3.8) is 0 Å². The molecule has 254 valence electrons. The second-order valence-electron chi connectivity index (χ2n) is 9.85. The second-order valence-corrected chi connectivity index (χ2v) is 10.2. The van der Waals surface area contributed by atoms with E-state index in [4.69, 9.17) is 15.9 Å². The van der Waals surface area contributed by atoms with Gasteiger partial charge in [-0.2, -0.15) is 12.6 Å².